The third-order valence-electron chi connectivity index (χ3n) is 2.89. The summed E-state index contributed by atoms with van der Waals surface area (Å²) >= 11 is 0. The molecule has 2 aromatic rings. The number of aryl methyl sites for hydroxylation is 2. The Balaban J connectivity index is 2.50. The predicted octanol–water partition coefficient (Wildman–Crippen LogP) is 2.52. The van der Waals surface area contributed by atoms with E-state index in [2.05, 4.69) is 6.07 Å². The maximum Gasteiger partial charge on any atom is 0.182 e. The minimum atomic E-state index is 0.0300. The molecule has 2 rings (SSSR count). The molecule has 1 aromatic heterocycles. The van der Waals surface area contributed by atoms with E-state index in [1.54, 1.807) is 12.1 Å². The molecule has 18 heavy (non-hydrogen) atoms. The fourth-order valence-electron chi connectivity index (χ4n) is 2.12. The van der Waals surface area contributed by atoms with Crippen LogP contribution in [-0.2, 0) is 6.42 Å². The average molecular weight is 238 g/mol. The molecule has 1 aromatic carbocycles. The molecular formula is C15H14N2O. The summed E-state index contributed by atoms with van der Waals surface area (Å²) in [6.45, 7) is 3.83. The molecule has 0 radical (unpaired) electrons. The van der Waals surface area contributed by atoms with Crippen molar-refractivity contribution in [1.29, 1.82) is 5.26 Å². The van der Waals surface area contributed by atoms with Crippen LogP contribution >= 0.6 is 0 Å². The summed E-state index contributed by atoms with van der Waals surface area (Å²) in [5.74, 6) is 0. The van der Waals surface area contributed by atoms with Crippen LogP contribution < -0.4 is 5.43 Å². The minimum Gasteiger partial charge on any atom is -0.318 e. The molecule has 0 N–H and O–H groups in total. The Morgan fingerprint density at radius 3 is 2.17 bits per heavy atom. The van der Waals surface area contributed by atoms with E-state index >= 15 is 0 Å². The number of nitriles is 1. The average Bonchev–Trinajstić information content (AvgIpc) is 2.30. The van der Waals surface area contributed by atoms with E-state index in [0.717, 1.165) is 22.6 Å². The van der Waals surface area contributed by atoms with Gasteiger partial charge in [0.15, 0.2) is 5.43 Å². The Morgan fingerprint density at radius 1 is 1.11 bits per heavy atom. The van der Waals surface area contributed by atoms with Gasteiger partial charge < -0.3 is 4.57 Å². The van der Waals surface area contributed by atoms with Gasteiger partial charge in [-0.15, -0.1) is 0 Å². The Morgan fingerprint density at radius 2 is 1.67 bits per heavy atom. The number of pyridine rings is 1. The molecule has 0 unspecified atom stereocenters. The molecule has 0 aliphatic heterocycles. The Hall–Kier alpha value is -2.34. The summed E-state index contributed by atoms with van der Waals surface area (Å²) in [5.41, 5.74) is 3.85. The van der Waals surface area contributed by atoms with Gasteiger partial charge >= 0.3 is 0 Å². The van der Waals surface area contributed by atoms with Gasteiger partial charge in [-0.2, -0.15) is 5.26 Å². The topological polar surface area (TPSA) is 45.8 Å². The van der Waals surface area contributed by atoms with E-state index < -0.39 is 0 Å². The van der Waals surface area contributed by atoms with E-state index in [9.17, 15) is 4.79 Å². The monoisotopic (exact) mass is 238 g/mol. The first kappa shape index (κ1) is 12.1. The number of nitrogens with zero attached hydrogens (tertiary/aromatic N) is 2. The van der Waals surface area contributed by atoms with Crippen LogP contribution in [0, 0.1) is 25.2 Å². The highest BCUT2D eigenvalue weighted by Crippen LogP contribution is 2.14. The first-order valence-corrected chi connectivity index (χ1v) is 5.78. The van der Waals surface area contributed by atoms with Crippen LogP contribution in [0.25, 0.3) is 5.69 Å². The molecule has 0 atom stereocenters. The molecule has 0 amide bonds. The number of hydrogen-bond donors (Lipinski definition) is 0. The highest BCUT2D eigenvalue weighted by Gasteiger charge is 2.03. The Kier molecular flexibility index (Phi) is 3.29. The second-order valence-electron chi connectivity index (χ2n) is 4.31. The van der Waals surface area contributed by atoms with Crippen molar-refractivity contribution >= 4 is 0 Å². The van der Waals surface area contributed by atoms with E-state index in [0.29, 0.717) is 6.42 Å². The Labute approximate surface area is 106 Å². The van der Waals surface area contributed by atoms with Crippen LogP contribution in [0.3, 0.4) is 0 Å². The van der Waals surface area contributed by atoms with Gasteiger partial charge in [0, 0.05) is 29.2 Å². The van der Waals surface area contributed by atoms with Gasteiger partial charge in [0.05, 0.1) is 12.5 Å². The lowest BCUT2D eigenvalue weighted by Gasteiger charge is -2.14. The number of rotatable bonds is 2. The molecule has 0 fully saturated rings. The van der Waals surface area contributed by atoms with Gasteiger partial charge in [-0.25, -0.2) is 0 Å². The van der Waals surface area contributed by atoms with Crippen LogP contribution in [0.1, 0.15) is 17.0 Å². The quantitative estimate of drug-likeness (QED) is 0.807. The summed E-state index contributed by atoms with van der Waals surface area (Å²) in [4.78, 5) is 11.4. The van der Waals surface area contributed by atoms with Gasteiger partial charge in [-0.1, -0.05) is 12.1 Å². The van der Waals surface area contributed by atoms with Crippen molar-refractivity contribution in [2.75, 3.05) is 0 Å². The smallest absolute Gasteiger partial charge is 0.182 e. The standard InChI is InChI=1S/C15H14N2O/c1-11-9-15(18)10-12(2)17(11)14-5-3-13(4-6-14)7-8-16/h3-6,9-10H,7H2,1-2H3. The number of aromatic nitrogens is 1. The fraction of sp³-hybridized carbons (Fsp3) is 0.200. The van der Waals surface area contributed by atoms with Crippen molar-refractivity contribution in [1.82, 2.24) is 4.57 Å². The summed E-state index contributed by atoms with van der Waals surface area (Å²) in [5, 5.41) is 8.63. The molecule has 0 aliphatic carbocycles. The van der Waals surface area contributed by atoms with Crippen molar-refractivity contribution in [2.45, 2.75) is 20.3 Å². The lowest BCUT2D eigenvalue weighted by molar-refractivity contribution is 0.921. The normalized spacial score (nSPS) is 10.1. The van der Waals surface area contributed by atoms with Crippen LogP contribution in [0.2, 0.25) is 0 Å². The summed E-state index contributed by atoms with van der Waals surface area (Å²) < 4.78 is 2.03. The zero-order valence-corrected chi connectivity index (χ0v) is 10.5. The van der Waals surface area contributed by atoms with Crippen molar-refractivity contribution in [3.05, 3.63) is 63.6 Å². The van der Waals surface area contributed by atoms with Gasteiger partial charge in [0.2, 0.25) is 0 Å². The lowest BCUT2D eigenvalue weighted by Crippen LogP contribution is -2.11. The van der Waals surface area contributed by atoms with Gasteiger partial charge in [0.25, 0.3) is 0 Å². The van der Waals surface area contributed by atoms with E-state index in [1.807, 2.05) is 42.7 Å². The first-order chi connectivity index (χ1) is 8.61. The van der Waals surface area contributed by atoms with E-state index in [4.69, 9.17) is 5.26 Å². The highest BCUT2D eigenvalue weighted by atomic mass is 16.1. The highest BCUT2D eigenvalue weighted by molar-refractivity contribution is 5.39. The second kappa shape index (κ2) is 4.89. The lowest BCUT2D eigenvalue weighted by atomic mass is 10.1. The zero-order chi connectivity index (χ0) is 13.1. The molecule has 0 saturated carbocycles. The van der Waals surface area contributed by atoms with Crippen LogP contribution in [-0.4, -0.2) is 4.57 Å². The molecule has 0 spiro atoms. The van der Waals surface area contributed by atoms with Crippen LogP contribution in [0.15, 0.2) is 41.2 Å². The first-order valence-electron chi connectivity index (χ1n) is 5.78. The number of hydrogen-bond acceptors (Lipinski definition) is 2. The van der Waals surface area contributed by atoms with Gasteiger partial charge in [-0.3, -0.25) is 4.79 Å². The predicted molar refractivity (Wildman–Crippen MR) is 70.8 cm³/mol. The van der Waals surface area contributed by atoms with Gasteiger partial charge in [-0.05, 0) is 31.5 Å². The molecule has 3 heteroatoms. The summed E-state index contributed by atoms with van der Waals surface area (Å²) in [6.07, 6.45) is 0.419. The van der Waals surface area contributed by atoms with Crippen LogP contribution in [0.5, 0.6) is 0 Å². The van der Waals surface area contributed by atoms with Crippen molar-refractivity contribution in [2.24, 2.45) is 0 Å². The van der Waals surface area contributed by atoms with Crippen molar-refractivity contribution in [3.63, 3.8) is 0 Å². The molecule has 0 aliphatic rings. The second-order valence-corrected chi connectivity index (χ2v) is 4.31. The summed E-state index contributed by atoms with van der Waals surface area (Å²) in [6, 6.07) is 13.2. The van der Waals surface area contributed by atoms with Gasteiger partial charge in [0.1, 0.15) is 0 Å². The maximum absolute atomic E-state index is 11.4. The van der Waals surface area contributed by atoms with Crippen molar-refractivity contribution in [3.8, 4) is 11.8 Å². The third-order valence-corrected chi connectivity index (χ3v) is 2.89. The molecular weight excluding hydrogens is 224 g/mol. The molecule has 1 heterocycles. The van der Waals surface area contributed by atoms with Crippen molar-refractivity contribution < 1.29 is 0 Å². The molecule has 0 saturated heterocycles. The summed E-state index contributed by atoms with van der Waals surface area (Å²) in [7, 11) is 0. The largest absolute Gasteiger partial charge is 0.318 e. The third kappa shape index (κ3) is 2.33. The molecule has 0 bridgehead atoms. The van der Waals surface area contributed by atoms with E-state index in [-0.39, 0.29) is 5.43 Å². The minimum absolute atomic E-state index is 0.0300. The maximum atomic E-state index is 11.4. The number of benzene rings is 1. The van der Waals surface area contributed by atoms with E-state index in [1.165, 1.54) is 0 Å². The zero-order valence-electron chi connectivity index (χ0n) is 10.5. The Bertz CT molecular complexity index is 634. The SMILES string of the molecule is Cc1cc(=O)cc(C)n1-c1ccc(CC#N)cc1. The molecule has 3 nitrogen and oxygen atoms in total. The van der Waals surface area contributed by atoms with Crippen LogP contribution in [0.4, 0.5) is 0 Å². The molecule has 90 valence electrons. The fourth-order valence-corrected chi connectivity index (χ4v) is 2.12.